The zero-order valence-corrected chi connectivity index (χ0v) is 10.7. The van der Waals surface area contributed by atoms with Gasteiger partial charge in [-0.25, -0.2) is 4.39 Å². The Kier molecular flexibility index (Phi) is 4.36. The molecule has 2 rings (SSSR count). The second kappa shape index (κ2) is 6.20. The predicted octanol–water partition coefficient (Wildman–Crippen LogP) is 2.87. The van der Waals surface area contributed by atoms with Crippen molar-refractivity contribution < 1.29 is 13.9 Å². The normalized spacial score (nSPS) is 10.3. The molecule has 0 aliphatic rings. The third-order valence-electron chi connectivity index (χ3n) is 2.80. The molecule has 4 heteroatoms. The van der Waals surface area contributed by atoms with Crippen LogP contribution in [0.25, 0.3) is 0 Å². The summed E-state index contributed by atoms with van der Waals surface area (Å²) < 4.78 is 24.4. The van der Waals surface area contributed by atoms with E-state index in [-0.39, 0.29) is 12.4 Å². The van der Waals surface area contributed by atoms with Crippen LogP contribution in [0.1, 0.15) is 11.1 Å². The number of nitrogens with two attached hydrogens (primary N) is 1. The SMILES string of the molecule is COc1ccccc1OCc1cc(CN)ccc1F. The fraction of sp³-hybridized carbons (Fsp3) is 0.200. The van der Waals surface area contributed by atoms with Crippen LogP contribution in [-0.2, 0) is 13.2 Å². The summed E-state index contributed by atoms with van der Waals surface area (Å²) in [4.78, 5) is 0. The Bertz CT molecular complexity index is 558. The molecule has 19 heavy (non-hydrogen) atoms. The van der Waals surface area contributed by atoms with Crippen molar-refractivity contribution in [3.63, 3.8) is 0 Å². The summed E-state index contributed by atoms with van der Waals surface area (Å²) in [6.45, 7) is 0.516. The third kappa shape index (κ3) is 3.23. The highest BCUT2D eigenvalue weighted by molar-refractivity contribution is 5.39. The lowest BCUT2D eigenvalue weighted by Gasteiger charge is -2.11. The van der Waals surface area contributed by atoms with Crippen LogP contribution in [0.15, 0.2) is 42.5 Å². The summed E-state index contributed by atoms with van der Waals surface area (Å²) in [5, 5.41) is 0. The van der Waals surface area contributed by atoms with Crippen molar-refractivity contribution in [2.45, 2.75) is 13.2 Å². The number of para-hydroxylation sites is 2. The van der Waals surface area contributed by atoms with Gasteiger partial charge in [0, 0.05) is 12.1 Å². The Balaban J connectivity index is 2.14. The molecular weight excluding hydrogens is 245 g/mol. The number of hydrogen-bond acceptors (Lipinski definition) is 3. The second-order valence-corrected chi connectivity index (χ2v) is 4.07. The van der Waals surface area contributed by atoms with Gasteiger partial charge in [0.25, 0.3) is 0 Å². The molecule has 100 valence electrons. The summed E-state index contributed by atoms with van der Waals surface area (Å²) in [7, 11) is 1.57. The summed E-state index contributed by atoms with van der Waals surface area (Å²) in [6.07, 6.45) is 0. The summed E-state index contributed by atoms with van der Waals surface area (Å²) in [5.41, 5.74) is 6.89. The first-order valence-electron chi connectivity index (χ1n) is 5.97. The van der Waals surface area contributed by atoms with Gasteiger partial charge in [-0.1, -0.05) is 18.2 Å². The van der Waals surface area contributed by atoms with Crippen molar-refractivity contribution in [2.24, 2.45) is 5.73 Å². The van der Waals surface area contributed by atoms with Gasteiger partial charge in [0.1, 0.15) is 12.4 Å². The number of rotatable bonds is 5. The fourth-order valence-corrected chi connectivity index (χ4v) is 1.76. The molecule has 0 aliphatic heterocycles. The molecule has 0 atom stereocenters. The van der Waals surface area contributed by atoms with E-state index in [1.807, 2.05) is 12.1 Å². The molecule has 0 fully saturated rings. The molecule has 0 spiro atoms. The number of benzene rings is 2. The first-order valence-corrected chi connectivity index (χ1v) is 5.97. The lowest BCUT2D eigenvalue weighted by atomic mass is 10.1. The van der Waals surface area contributed by atoms with E-state index in [9.17, 15) is 4.39 Å². The highest BCUT2D eigenvalue weighted by Gasteiger charge is 2.07. The van der Waals surface area contributed by atoms with E-state index in [1.54, 1.807) is 31.4 Å². The molecule has 2 aromatic rings. The van der Waals surface area contributed by atoms with Gasteiger partial charge >= 0.3 is 0 Å². The maximum atomic E-state index is 13.6. The molecule has 0 amide bonds. The Morgan fingerprint density at radius 1 is 1.11 bits per heavy atom. The van der Waals surface area contributed by atoms with Gasteiger partial charge < -0.3 is 15.2 Å². The fourth-order valence-electron chi connectivity index (χ4n) is 1.76. The second-order valence-electron chi connectivity index (χ2n) is 4.07. The predicted molar refractivity (Wildman–Crippen MR) is 71.6 cm³/mol. The van der Waals surface area contributed by atoms with Crippen LogP contribution < -0.4 is 15.2 Å². The summed E-state index contributed by atoms with van der Waals surface area (Å²) >= 11 is 0. The van der Waals surface area contributed by atoms with E-state index < -0.39 is 0 Å². The Hall–Kier alpha value is -2.07. The molecule has 0 radical (unpaired) electrons. The minimum atomic E-state index is -0.299. The molecule has 0 bridgehead atoms. The molecule has 2 aromatic carbocycles. The van der Waals surface area contributed by atoms with Crippen molar-refractivity contribution in [1.29, 1.82) is 0 Å². The van der Waals surface area contributed by atoms with E-state index in [0.29, 0.717) is 23.6 Å². The largest absolute Gasteiger partial charge is 0.493 e. The van der Waals surface area contributed by atoms with Gasteiger partial charge in [0.05, 0.1) is 7.11 Å². The van der Waals surface area contributed by atoms with Crippen LogP contribution in [0.4, 0.5) is 4.39 Å². The van der Waals surface area contributed by atoms with Gasteiger partial charge in [0.15, 0.2) is 11.5 Å². The van der Waals surface area contributed by atoms with Gasteiger partial charge in [-0.15, -0.1) is 0 Å². The zero-order chi connectivity index (χ0) is 13.7. The minimum absolute atomic E-state index is 0.139. The number of halogens is 1. The maximum absolute atomic E-state index is 13.6. The van der Waals surface area contributed by atoms with Gasteiger partial charge in [-0.05, 0) is 29.8 Å². The number of ether oxygens (including phenoxy) is 2. The molecule has 0 saturated heterocycles. The number of hydrogen-bond donors (Lipinski definition) is 1. The Labute approximate surface area is 111 Å². The molecule has 2 N–H and O–H groups in total. The maximum Gasteiger partial charge on any atom is 0.161 e. The van der Waals surface area contributed by atoms with Crippen LogP contribution in [0.2, 0.25) is 0 Å². The van der Waals surface area contributed by atoms with Crippen molar-refractivity contribution in [3.05, 3.63) is 59.4 Å². The number of methoxy groups -OCH3 is 1. The highest BCUT2D eigenvalue weighted by Crippen LogP contribution is 2.27. The molecular formula is C15H16FNO2. The quantitative estimate of drug-likeness (QED) is 0.900. The lowest BCUT2D eigenvalue weighted by Crippen LogP contribution is -2.03. The van der Waals surface area contributed by atoms with E-state index in [1.165, 1.54) is 6.07 Å². The molecule has 3 nitrogen and oxygen atoms in total. The summed E-state index contributed by atoms with van der Waals surface area (Å²) in [6, 6.07) is 12.0. The van der Waals surface area contributed by atoms with Crippen LogP contribution >= 0.6 is 0 Å². The van der Waals surface area contributed by atoms with Crippen LogP contribution in [0, 0.1) is 5.82 Å². The molecule has 0 aliphatic carbocycles. The zero-order valence-electron chi connectivity index (χ0n) is 10.7. The van der Waals surface area contributed by atoms with Crippen molar-refractivity contribution in [2.75, 3.05) is 7.11 Å². The van der Waals surface area contributed by atoms with Crippen molar-refractivity contribution >= 4 is 0 Å². The first-order chi connectivity index (χ1) is 9.24. The first kappa shape index (κ1) is 13.4. The van der Waals surface area contributed by atoms with Crippen molar-refractivity contribution in [3.8, 4) is 11.5 Å². The topological polar surface area (TPSA) is 44.5 Å². The summed E-state index contributed by atoms with van der Waals surface area (Å²) in [5.74, 6) is 0.910. The highest BCUT2D eigenvalue weighted by atomic mass is 19.1. The Morgan fingerprint density at radius 2 is 1.84 bits per heavy atom. The van der Waals surface area contributed by atoms with E-state index >= 15 is 0 Å². The average Bonchev–Trinajstić information content (AvgIpc) is 2.46. The van der Waals surface area contributed by atoms with E-state index in [0.717, 1.165) is 5.56 Å². The smallest absolute Gasteiger partial charge is 0.161 e. The van der Waals surface area contributed by atoms with Crippen LogP contribution in [0.3, 0.4) is 0 Å². The molecule has 0 unspecified atom stereocenters. The molecule has 0 heterocycles. The van der Waals surface area contributed by atoms with Crippen molar-refractivity contribution in [1.82, 2.24) is 0 Å². The lowest BCUT2D eigenvalue weighted by molar-refractivity contribution is 0.279. The molecule has 0 saturated carbocycles. The standard InChI is InChI=1S/C15H16FNO2/c1-18-14-4-2-3-5-15(14)19-10-12-8-11(9-17)6-7-13(12)16/h2-8H,9-10,17H2,1H3. The van der Waals surface area contributed by atoms with Crippen LogP contribution in [-0.4, -0.2) is 7.11 Å². The average molecular weight is 261 g/mol. The van der Waals surface area contributed by atoms with Gasteiger partial charge in [-0.3, -0.25) is 0 Å². The van der Waals surface area contributed by atoms with Crippen LogP contribution in [0.5, 0.6) is 11.5 Å². The van der Waals surface area contributed by atoms with E-state index in [4.69, 9.17) is 15.2 Å². The third-order valence-corrected chi connectivity index (χ3v) is 2.80. The van der Waals surface area contributed by atoms with Gasteiger partial charge in [0.2, 0.25) is 0 Å². The minimum Gasteiger partial charge on any atom is -0.493 e. The Morgan fingerprint density at radius 3 is 2.53 bits per heavy atom. The van der Waals surface area contributed by atoms with Gasteiger partial charge in [-0.2, -0.15) is 0 Å². The van der Waals surface area contributed by atoms with E-state index in [2.05, 4.69) is 0 Å². The molecule has 0 aromatic heterocycles. The monoisotopic (exact) mass is 261 g/mol.